The summed E-state index contributed by atoms with van der Waals surface area (Å²) in [5, 5.41) is 14.2. The van der Waals surface area contributed by atoms with E-state index in [1.165, 1.54) is 7.11 Å². The Morgan fingerprint density at radius 1 is 0.809 bits per heavy atom. The number of aliphatic hydroxyl groups excluding tert-OH is 1. The minimum Gasteiger partial charge on any atom is -0.388 e. The molecule has 10 heteroatoms. The quantitative estimate of drug-likeness (QED) is 0.120. The highest BCUT2D eigenvalue weighted by Gasteiger charge is 2.47. The van der Waals surface area contributed by atoms with Crippen molar-refractivity contribution < 1.29 is 28.8 Å². The molecule has 47 heavy (non-hydrogen) atoms. The number of aliphatic imine (C=N–C) groups is 1. The molecule has 0 aliphatic carbocycles. The van der Waals surface area contributed by atoms with Gasteiger partial charge in [0.2, 0.25) is 5.91 Å². The van der Waals surface area contributed by atoms with E-state index in [0.29, 0.717) is 6.61 Å². The Kier molecular flexibility index (Phi) is 12.1. The number of aliphatic hydroxyl groups is 1. The molecule has 1 saturated heterocycles. The lowest BCUT2D eigenvalue weighted by atomic mass is 9.96. The highest BCUT2D eigenvalue weighted by atomic mass is 16.7. The number of benzene rings is 4. The summed E-state index contributed by atoms with van der Waals surface area (Å²) in [7, 11) is 1.48. The van der Waals surface area contributed by atoms with Crippen LogP contribution in [-0.2, 0) is 37.0 Å². The third-order valence-electron chi connectivity index (χ3n) is 7.99. The Labute approximate surface area is 275 Å². The number of hydrogen-bond acceptors (Lipinski definition) is 7. The van der Waals surface area contributed by atoms with Crippen LogP contribution in [-0.4, -0.2) is 67.9 Å². The Morgan fingerprint density at radius 2 is 1.34 bits per heavy atom. The van der Waals surface area contributed by atoms with Gasteiger partial charge in [-0.05, 0) is 33.4 Å². The molecule has 246 valence electrons. The van der Waals surface area contributed by atoms with E-state index in [0.717, 1.165) is 33.4 Å². The average Bonchev–Trinajstić information content (AvgIpc) is 3.10. The van der Waals surface area contributed by atoms with Crippen LogP contribution in [0.25, 0.3) is 22.3 Å². The van der Waals surface area contributed by atoms with Crippen molar-refractivity contribution in [3.63, 3.8) is 0 Å². The molecule has 6 N–H and O–H groups in total. The summed E-state index contributed by atoms with van der Waals surface area (Å²) in [4.78, 5) is 16.7. The first-order valence-corrected chi connectivity index (χ1v) is 15.6. The molecule has 10 nitrogen and oxygen atoms in total. The standard InChI is InChI=1S/C37H42N4O6/c1-44-35-33(41-32(42)20-21-40-37(38)39)36(46-23-26-14-18-30(19-15-26)28-10-6-3-7-11-28)47-31(34(35)43)24-45-22-25-12-16-29(17-13-25)27-8-4-2-5-9-27/h2-19,31,33-36,43H,20-24H2,1H3,(H,41,42)(H4,38,39,40)/t31-,33-,34-,35-,36?/m1/s1. The van der Waals surface area contributed by atoms with Gasteiger partial charge in [-0.1, -0.05) is 109 Å². The molecule has 0 aromatic heterocycles. The number of hydrogen-bond donors (Lipinski definition) is 4. The SMILES string of the molecule is CO[C@H]1[C@H](O)[C@@H](COCc2ccc(-c3ccccc3)cc2)OC(OCc2ccc(-c3ccccc3)cc2)[C@@H]1NC(=O)CCN=C(N)N. The Bertz CT molecular complexity index is 1560. The maximum atomic E-state index is 12.8. The largest absolute Gasteiger partial charge is 0.388 e. The van der Waals surface area contributed by atoms with Crippen molar-refractivity contribution in [1.82, 2.24) is 5.32 Å². The number of amides is 1. The smallest absolute Gasteiger partial charge is 0.222 e. The molecule has 4 aromatic carbocycles. The maximum absolute atomic E-state index is 12.8. The lowest BCUT2D eigenvalue weighted by Crippen LogP contribution is -2.65. The van der Waals surface area contributed by atoms with Gasteiger partial charge in [-0.25, -0.2) is 0 Å². The van der Waals surface area contributed by atoms with Gasteiger partial charge in [0.1, 0.15) is 24.4 Å². The Morgan fingerprint density at radius 3 is 1.87 bits per heavy atom. The second-order valence-electron chi connectivity index (χ2n) is 11.3. The van der Waals surface area contributed by atoms with E-state index in [4.69, 9.17) is 30.4 Å². The average molecular weight is 639 g/mol. The zero-order valence-corrected chi connectivity index (χ0v) is 26.4. The minimum absolute atomic E-state index is 0.0319. The summed E-state index contributed by atoms with van der Waals surface area (Å²) in [6.07, 6.45) is -3.62. The van der Waals surface area contributed by atoms with Gasteiger partial charge in [-0.2, -0.15) is 0 Å². The first-order valence-electron chi connectivity index (χ1n) is 15.6. The van der Waals surface area contributed by atoms with Crippen LogP contribution in [0.4, 0.5) is 0 Å². The number of nitrogens with two attached hydrogens (primary N) is 2. The summed E-state index contributed by atoms with van der Waals surface area (Å²) in [6, 6.07) is 35.6. The fraction of sp³-hybridized carbons (Fsp3) is 0.297. The highest BCUT2D eigenvalue weighted by Crippen LogP contribution is 2.27. The third-order valence-corrected chi connectivity index (χ3v) is 7.99. The molecule has 0 spiro atoms. The zero-order chi connectivity index (χ0) is 33.0. The van der Waals surface area contributed by atoms with Gasteiger partial charge < -0.3 is 40.8 Å². The van der Waals surface area contributed by atoms with Gasteiger partial charge in [-0.3, -0.25) is 9.79 Å². The van der Waals surface area contributed by atoms with Gasteiger partial charge >= 0.3 is 0 Å². The zero-order valence-electron chi connectivity index (χ0n) is 26.4. The van der Waals surface area contributed by atoms with Gasteiger partial charge in [0.15, 0.2) is 12.2 Å². The molecule has 4 aromatic rings. The second kappa shape index (κ2) is 16.8. The van der Waals surface area contributed by atoms with Crippen molar-refractivity contribution >= 4 is 11.9 Å². The molecule has 1 unspecified atom stereocenters. The van der Waals surface area contributed by atoms with E-state index in [-0.39, 0.29) is 38.0 Å². The summed E-state index contributed by atoms with van der Waals surface area (Å²) >= 11 is 0. The lowest BCUT2D eigenvalue weighted by molar-refractivity contribution is -0.279. The van der Waals surface area contributed by atoms with Crippen molar-refractivity contribution in [2.24, 2.45) is 16.5 Å². The fourth-order valence-corrected chi connectivity index (χ4v) is 5.50. The van der Waals surface area contributed by atoms with Crippen molar-refractivity contribution in [2.75, 3.05) is 20.3 Å². The molecule has 0 saturated carbocycles. The van der Waals surface area contributed by atoms with Crippen LogP contribution in [0.3, 0.4) is 0 Å². The van der Waals surface area contributed by atoms with Crippen molar-refractivity contribution in [3.8, 4) is 22.3 Å². The lowest BCUT2D eigenvalue weighted by Gasteiger charge is -2.44. The number of nitrogens with one attached hydrogen (secondary N) is 1. The number of methoxy groups -OCH3 is 1. The molecule has 5 atom stereocenters. The van der Waals surface area contributed by atoms with Gasteiger partial charge in [-0.15, -0.1) is 0 Å². The van der Waals surface area contributed by atoms with Crippen molar-refractivity contribution in [1.29, 1.82) is 0 Å². The summed E-state index contributed by atoms with van der Waals surface area (Å²) in [5.41, 5.74) is 17.2. The molecule has 1 fully saturated rings. The summed E-state index contributed by atoms with van der Waals surface area (Å²) < 4.78 is 24.2. The van der Waals surface area contributed by atoms with Crippen molar-refractivity contribution in [2.45, 2.75) is 50.3 Å². The maximum Gasteiger partial charge on any atom is 0.222 e. The van der Waals surface area contributed by atoms with E-state index in [9.17, 15) is 9.90 Å². The normalized spacial score (nSPS) is 20.8. The summed E-state index contributed by atoms with van der Waals surface area (Å²) in [6.45, 7) is 0.722. The van der Waals surface area contributed by atoms with Gasteiger partial charge in [0.05, 0.1) is 26.4 Å². The van der Waals surface area contributed by atoms with E-state index in [1.54, 1.807) is 0 Å². The predicted octanol–water partition coefficient (Wildman–Crippen LogP) is 4.00. The van der Waals surface area contributed by atoms with Crippen LogP contribution < -0.4 is 16.8 Å². The molecule has 1 aliphatic heterocycles. The Hall–Kier alpha value is -4.58. The third kappa shape index (κ3) is 9.47. The van der Waals surface area contributed by atoms with Crippen LogP contribution in [0.1, 0.15) is 17.5 Å². The fourth-order valence-electron chi connectivity index (χ4n) is 5.50. The van der Waals surface area contributed by atoms with Crippen LogP contribution in [0.15, 0.2) is 114 Å². The van der Waals surface area contributed by atoms with Crippen LogP contribution in [0, 0.1) is 0 Å². The first-order chi connectivity index (χ1) is 22.9. The molecule has 0 bridgehead atoms. The first kappa shape index (κ1) is 33.8. The summed E-state index contributed by atoms with van der Waals surface area (Å²) in [5.74, 6) is -0.439. The molecule has 1 aliphatic rings. The minimum atomic E-state index is -1.10. The van der Waals surface area contributed by atoms with Crippen LogP contribution in [0.5, 0.6) is 0 Å². The molecule has 5 rings (SSSR count). The Balaban J connectivity index is 1.24. The molecule has 1 amide bonds. The van der Waals surface area contributed by atoms with E-state index in [1.807, 2.05) is 72.8 Å². The van der Waals surface area contributed by atoms with Crippen molar-refractivity contribution in [3.05, 3.63) is 120 Å². The number of rotatable bonds is 14. The molecular weight excluding hydrogens is 596 g/mol. The van der Waals surface area contributed by atoms with Crippen LogP contribution in [0.2, 0.25) is 0 Å². The van der Waals surface area contributed by atoms with E-state index >= 15 is 0 Å². The number of ether oxygens (including phenoxy) is 4. The number of carbonyl (C=O) groups excluding carboxylic acids is 1. The number of guanidine groups is 1. The number of carbonyl (C=O) groups is 1. The van der Waals surface area contributed by atoms with Crippen LogP contribution >= 0.6 is 0 Å². The van der Waals surface area contributed by atoms with E-state index < -0.39 is 30.6 Å². The molecular formula is C37H42N4O6. The topological polar surface area (TPSA) is 151 Å². The van der Waals surface area contributed by atoms with Gasteiger partial charge in [0.25, 0.3) is 0 Å². The monoisotopic (exact) mass is 638 g/mol. The van der Waals surface area contributed by atoms with E-state index in [2.05, 4.69) is 46.7 Å². The second-order valence-corrected chi connectivity index (χ2v) is 11.3. The predicted molar refractivity (Wildman–Crippen MR) is 181 cm³/mol. The molecule has 1 heterocycles. The number of nitrogens with zero attached hydrogens (tertiary/aromatic N) is 1. The highest BCUT2D eigenvalue weighted by molar-refractivity contribution is 5.78. The molecule has 0 radical (unpaired) electrons. The van der Waals surface area contributed by atoms with Gasteiger partial charge in [0, 0.05) is 13.5 Å².